The predicted octanol–water partition coefficient (Wildman–Crippen LogP) is 3.65. The Bertz CT molecular complexity index is 518. The number of rotatable bonds is 1. The molecule has 0 heterocycles. The molecule has 0 aliphatic rings. The average molecular weight is 220 g/mol. The molecule has 16 heavy (non-hydrogen) atoms. The maximum absolute atomic E-state index is 13.7. The van der Waals surface area contributed by atoms with Crippen molar-refractivity contribution in [3.05, 3.63) is 53.6 Å². The van der Waals surface area contributed by atoms with E-state index < -0.39 is 11.6 Å². The van der Waals surface area contributed by atoms with E-state index in [0.29, 0.717) is 11.1 Å². The minimum absolute atomic E-state index is 0.0556. The van der Waals surface area contributed by atoms with E-state index in [9.17, 15) is 8.78 Å². The number of phenols is 1. The number of aryl methyl sites for hydroxylation is 1. The van der Waals surface area contributed by atoms with Crippen LogP contribution in [0.5, 0.6) is 5.75 Å². The fraction of sp³-hybridized carbons (Fsp3) is 0.0769. The van der Waals surface area contributed by atoms with Gasteiger partial charge in [-0.25, -0.2) is 8.78 Å². The quantitative estimate of drug-likeness (QED) is 0.777. The van der Waals surface area contributed by atoms with Crippen LogP contribution in [0.4, 0.5) is 8.78 Å². The first-order valence-electron chi connectivity index (χ1n) is 4.83. The summed E-state index contributed by atoms with van der Waals surface area (Å²) in [5, 5.41) is 9.11. The standard InChI is InChI=1S/C13H10F2O/c1-8-2-7-11(14)12(13(8)15)9-3-5-10(16)6-4-9/h2-7,16H,1H3. The molecule has 0 saturated heterocycles. The molecule has 0 aliphatic heterocycles. The van der Waals surface area contributed by atoms with Gasteiger partial charge >= 0.3 is 0 Å². The van der Waals surface area contributed by atoms with Crippen LogP contribution in [0.2, 0.25) is 0 Å². The molecule has 1 nitrogen and oxygen atoms in total. The highest BCUT2D eigenvalue weighted by Crippen LogP contribution is 2.28. The molecule has 1 N–H and O–H groups in total. The number of hydrogen-bond donors (Lipinski definition) is 1. The van der Waals surface area contributed by atoms with Crippen molar-refractivity contribution in [1.82, 2.24) is 0 Å². The second kappa shape index (κ2) is 3.93. The summed E-state index contributed by atoms with van der Waals surface area (Å²) >= 11 is 0. The largest absolute Gasteiger partial charge is 0.508 e. The molecule has 0 bridgehead atoms. The predicted molar refractivity (Wildman–Crippen MR) is 58.2 cm³/mol. The molecule has 0 saturated carbocycles. The zero-order valence-electron chi connectivity index (χ0n) is 8.67. The van der Waals surface area contributed by atoms with Gasteiger partial charge in [0.2, 0.25) is 0 Å². The maximum atomic E-state index is 13.7. The molecular formula is C13H10F2O. The van der Waals surface area contributed by atoms with Crippen molar-refractivity contribution in [1.29, 1.82) is 0 Å². The third-order valence-electron chi connectivity index (χ3n) is 2.44. The van der Waals surface area contributed by atoms with Crippen molar-refractivity contribution in [3.8, 4) is 16.9 Å². The second-order valence-electron chi connectivity index (χ2n) is 3.60. The number of hydrogen-bond acceptors (Lipinski definition) is 1. The summed E-state index contributed by atoms with van der Waals surface area (Å²) in [5.41, 5.74) is 0.751. The van der Waals surface area contributed by atoms with Crippen LogP contribution in [0.3, 0.4) is 0 Å². The van der Waals surface area contributed by atoms with E-state index in [1.165, 1.54) is 36.4 Å². The Balaban J connectivity index is 2.63. The van der Waals surface area contributed by atoms with E-state index in [-0.39, 0.29) is 11.3 Å². The van der Waals surface area contributed by atoms with E-state index in [4.69, 9.17) is 5.11 Å². The lowest BCUT2D eigenvalue weighted by Crippen LogP contribution is -1.92. The first-order valence-corrected chi connectivity index (χ1v) is 4.83. The van der Waals surface area contributed by atoms with Crippen molar-refractivity contribution in [2.75, 3.05) is 0 Å². The van der Waals surface area contributed by atoms with Gasteiger partial charge in [0.1, 0.15) is 17.4 Å². The van der Waals surface area contributed by atoms with Gasteiger partial charge in [0.05, 0.1) is 5.56 Å². The van der Waals surface area contributed by atoms with Crippen LogP contribution < -0.4 is 0 Å². The molecule has 0 aromatic heterocycles. The van der Waals surface area contributed by atoms with Crippen LogP contribution in [-0.4, -0.2) is 5.11 Å². The zero-order chi connectivity index (χ0) is 11.7. The topological polar surface area (TPSA) is 20.2 Å². The van der Waals surface area contributed by atoms with Gasteiger partial charge in [-0.2, -0.15) is 0 Å². The van der Waals surface area contributed by atoms with Crippen LogP contribution in [0, 0.1) is 18.6 Å². The van der Waals surface area contributed by atoms with Gasteiger partial charge in [-0.05, 0) is 36.2 Å². The van der Waals surface area contributed by atoms with Gasteiger partial charge in [0, 0.05) is 0 Å². The fourth-order valence-corrected chi connectivity index (χ4v) is 1.55. The van der Waals surface area contributed by atoms with Gasteiger partial charge < -0.3 is 5.11 Å². The zero-order valence-corrected chi connectivity index (χ0v) is 8.67. The molecule has 3 heteroatoms. The Morgan fingerprint density at radius 3 is 2.19 bits per heavy atom. The molecule has 2 aromatic rings. The van der Waals surface area contributed by atoms with Gasteiger partial charge in [0.15, 0.2) is 0 Å². The van der Waals surface area contributed by atoms with Crippen LogP contribution in [0.1, 0.15) is 5.56 Å². The molecule has 82 valence electrons. The van der Waals surface area contributed by atoms with E-state index >= 15 is 0 Å². The van der Waals surface area contributed by atoms with Crippen LogP contribution in [-0.2, 0) is 0 Å². The molecule has 0 aliphatic carbocycles. The summed E-state index contributed by atoms with van der Waals surface area (Å²) in [6, 6.07) is 8.40. The molecule has 0 unspecified atom stereocenters. The lowest BCUT2D eigenvalue weighted by Gasteiger charge is -2.07. The molecule has 0 amide bonds. The second-order valence-corrected chi connectivity index (χ2v) is 3.60. The Kier molecular flexibility index (Phi) is 2.60. The molecule has 2 aromatic carbocycles. The molecule has 0 atom stereocenters. The number of halogens is 2. The smallest absolute Gasteiger partial charge is 0.136 e. The highest BCUT2D eigenvalue weighted by molar-refractivity contribution is 5.66. The monoisotopic (exact) mass is 220 g/mol. The highest BCUT2D eigenvalue weighted by atomic mass is 19.1. The summed E-state index contributed by atoms with van der Waals surface area (Å²) in [6.45, 7) is 1.58. The Morgan fingerprint density at radius 1 is 0.938 bits per heavy atom. The minimum Gasteiger partial charge on any atom is -0.508 e. The molecule has 0 radical (unpaired) electrons. The summed E-state index contributed by atoms with van der Waals surface area (Å²) < 4.78 is 27.3. The highest BCUT2D eigenvalue weighted by Gasteiger charge is 2.13. The summed E-state index contributed by atoms with van der Waals surface area (Å²) in [4.78, 5) is 0. The number of aromatic hydroxyl groups is 1. The third kappa shape index (κ3) is 1.76. The van der Waals surface area contributed by atoms with Gasteiger partial charge in [-0.1, -0.05) is 18.2 Å². The summed E-state index contributed by atoms with van der Waals surface area (Å²) in [7, 11) is 0. The normalized spacial score (nSPS) is 10.4. The van der Waals surface area contributed by atoms with E-state index in [0.717, 1.165) is 0 Å². The number of benzene rings is 2. The lowest BCUT2D eigenvalue weighted by molar-refractivity contribution is 0.475. The van der Waals surface area contributed by atoms with Crippen LogP contribution in [0.25, 0.3) is 11.1 Å². The molecular weight excluding hydrogens is 210 g/mol. The number of phenolic OH excluding ortho intramolecular Hbond substituents is 1. The van der Waals surface area contributed by atoms with Crippen molar-refractivity contribution < 1.29 is 13.9 Å². The third-order valence-corrected chi connectivity index (χ3v) is 2.44. The molecule has 2 rings (SSSR count). The van der Waals surface area contributed by atoms with E-state index in [1.54, 1.807) is 6.92 Å². The van der Waals surface area contributed by atoms with E-state index in [1.807, 2.05) is 0 Å². The Hall–Kier alpha value is -1.90. The van der Waals surface area contributed by atoms with Crippen molar-refractivity contribution in [3.63, 3.8) is 0 Å². The molecule has 0 fully saturated rings. The average Bonchev–Trinajstić information content (AvgIpc) is 2.27. The SMILES string of the molecule is Cc1ccc(F)c(-c2ccc(O)cc2)c1F. The van der Waals surface area contributed by atoms with Crippen molar-refractivity contribution in [2.24, 2.45) is 0 Å². The summed E-state index contributed by atoms with van der Waals surface area (Å²) in [6.07, 6.45) is 0. The minimum atomic E-state index is -0.603. The van der Waals surface area contributed by atoms with Crippen LogP contribution in [0.15, 0.2) is 36.4 Å². The van der Waals surface area contributed by atoms with Crippen molar-refractivity contribution in [2.45, 2.75) is 6.92 Å². The van der Waals surface area contributed by atoms with Crippen LogP contribution >= 0.6 is 0 Å². The van der Waals surface area contributed by atoms with Crippen molar-refractivity contribution >= 4 is 0 Å². The first kappa shape index (κ1) is 10.6. The maximum Gasteiger partial charge on any atom is 0.136 e. The van der Waals surface area contributed by atoms with E-state index in [2.05, 4.69) is 0 Å². The lowest BCUT2D eigenvalue weighted by atomic mass is 10.0. The fourth-order valence-electron chi connectivity index (χ4n) is 1.55. The van der Waals surface area contributed by atoms with Gasteiger partial charge in [0.25, 0.3) is 0 Å². The summed E-state index contributed by atoms with van der Waals surface area (Å²) in [5.74, 6) is -1.10. The first-order chi connectivity index (χ1) is 7.59. The Morgan fingerprint density at radius 2 is 1.56 bits per heavy atom. The van der Waals surface area contributed by atoms with Gasteiger partial charge in [-0.15, -0.1) is 0 Å². The Labute approximate surface area is 92.0 Å². The van der Waals surface area contributed by atoms with Gasteiger partial charge in [-0.3, -0.25) is 0 Å². The molecule has 0 spiro atoms.